The fourth-order valence-corrected chi connectivity index (χ4v) is 7.58. The maximum absolute atomic E-state index is 6.33. The van der Waals surface area contributed by atoms with Gasteiger partial charge in [-0.3, -0.25) is 0 Å². The second kappa shape index (κ2) is 14.5. The molecule has 0 bridgehead atoms. The standard InChI is InChI=1S/C40H46ClN5O/c1-29(42-40-34-18-16-32(41)27-37(34)43-36-19-17-33(47-2)28-35(36)40)9-7-20-44-23-25-45(26-24-44)21-8-22-46-38-12-5-3-10-30(38)14-15-31-11-4-6-13-39(31)46/h3-6,10-13,16-19,27-29H,7-9,14-15,20-26H2,1-2H3,(H,42,43). The number of rotatable bonds is 11. The summed E-state index contributed by atoms with van der Waals surface area (Å²) in [6.45, 7) is 10.2. The van der Waals surface area contributed by atoms with Gasteiger partial charge in [-0.25, -0.2) is 4.98 Å². The summed E-state index contributed by atoms with van der Waals surface area (Å²) in [6, 6.07) is 30.3. The Morgan fingerprint density at radius 3 is 2.09 bits per heavy atom. The minimum Gasteiger partial charge on any atom is -0.497 e. The summed E-state index contributed by atoms with van der Waals surface area (Å²) in [5.41, 5.74) is 8.66. The van der Waals surface area contributed by atoms with E-state index in [2.05, 4.69) is 87.6 Å². The summed E-state index contributed by atoms with van der Waals surface area (Å²) in [4.78, 5) is 12.8. The van der Waals surface area contributed by atoms with Crippen LogP contribution in [-0.2, 0) is 12.8 Å². The number of nitrogens with zero attached hydrogens (tertiary/aromatic N) is 4. The number of hydrogen-bond donors (Lipinski definition) is 1. The van der Waals surface area contributed by atoms with Crippen molar-refractivity contribution in [3.05, 3.63) is 101 Å². The van der Waals surface area contributed by atoms with E-state index in [9.17, 15) is 0 Å². The number of piperazine rings is 1. The van der Waals surface area contributed by atoms with Crippen LogP contribution in [0.2, 0.25) is 5.02 Å². The van der Waals surface area contributed by atoms with E-state index in [1.807, 2.05) is 24.3 Å². The first-order valence-corrected chi connectivity index (χ1v) is 17.6. The molecule has 3 heterocycles. The van der Waals surface area contributed by atoms with Gasteiger partial charge >= 0.3 is 0 Å². The second-order valence-electron chi connectivity index (χ2n) is 13.2. The highest BCUT2D eigenvalue weighted by Gasteiger charge is 2.22. The lowest BCUT2D eigenvalue weighted by Gasteiger charge is -2.35. The highest BCUT2D eigenvalue weighted by atomic mass is 35.5. The van der Waals surface area contributed by atoms with Crippen molar-refractivity contribution in [2.75, 3.05) is 63.1 Å². The third kappa shape index (κ3) is 7.20. The van der Waals surface area contributed by atoms with Crippen LogP contribution in [0.1, 0.15) is 37.3 Å². The maximum Gasteiger partial charge on any atom is 0.119 e. The predicted molar refractivity (Wildman–Crippen MR) is 198 cm³/mol. The molecule has 47 heavy (non-hydrogen) atoms. The van der Waals surface area contributed by atoms with Crippen molar-refractivity contribution in [3.63, 3.8) is 0 Å². The summed E-state index contributed by atoms with van der Waals surface area (Å²) in [5.74, 6) is 0.833. The molecule has 0 aliphatic carbocycles. The number of pyridine rings is 1. The largest absolute Gasteiger partial charge is 0.497 e. The third-order valence-corrected chi connectivity index (χ3v) is 10.2. The van der Waals surface area contributed by atoms with Crippen LogP contribution in [0.4, 0.5) is 17.1 Å². The number of para-hydroxylation sites is 2. The summed E-state index contributed by atoms with van der Waals surface area (Å²) < 4.78 is 5.54. The van der Waals surface area contributed by atoms with Crippen molar-refractivity contribution in [2.45, 2.75) is 45.1 Å². The molecule has 2 aliphatic rings. The van der Waals surface area contributed by atoms with Crippen molar-refractivity contribution >= 4 is 50.5 Å². The lowest BCUT2D eigenvalue weighted by atomic mass is 10.0. The number of aryl methyl sites for hydroxylation is 2. The Morgan fingerprint density at radius 2 is 1.40 bits per heavy atom. The van der Waals surface area contributed by atoms with Crippen LogP contribution >= 0.6 is 11.6 Å². The second-order valence-corrected chi connectivity index (χ2v) is 13.6. The van der Waals surface area contributed by atoms with Gasteiger partial charge in [0.15, 0.2) is 0 Å². The average Bonchev–Trinajstić information content (AvgIpc) is 3.25. The highest BCUT2D eigenvalue weighted by Crippen LogP contribution is 2.37. The Bertz CT molecular complexity index is 1790. The quantitative estimate of drug-likeness (QED) is 0.145. The van der Waals surface area contributed by atoms with Crippen LogP contribution in [0, 0.1) is 0 Å². The molecule has 244 valence electrons. The molecule has 0 saturated carbocycles. The van der Waals surface area contributed by atoms with E-state index < -0.39 is 0 Å². The Morgan fingerprint density at radius 1 is 0.745 bits per heavy atom. The molecule has 0 spiro atoms. The van der Waals surface area contributed by atoms with Gasteiger partial charge < -0.3 is 24.8 Å². The maximum atomic E-state index is 6.33. The van der Waals surface area contributed by atoms with Gasteiger partial charge in [-0.05, 0) is 112 Å². The molecule has 1 fully saturated rings. The van der Waals surface area contributed by atoms with Gasteiger partial charge in [0, 0.05) is 65.9 Å². The normalized spacial score (nSPS) is 16.1. The van der Waals surface area contributed by atoms with Crippen LogP contribution < -0.4 is 15.0 Å². The number of hydrogen-bond acceptors (Lipinski definition) is 6. The van der Waals surface area contributed by atoms with Gasteiger partial charge in [-0.1, -0.05) is 48.0 Å². The average molecular weight is 648 g/mol. The van der Waals surface area contributed by atoms with E-state index in [4.69, 9.17) is 21.3 Å². The number of methoxy groups -OCH3 is 1. The van der Waals surface area contributed by atoms with Gasteiger partial charge in [0.2, 0.25) is 0 Å². The van der Waals surface area contributed by atoms with Crippen LogP contribution in [-0.4, -0.2) is 73.7 Å². The lowest BCUT2D eigenvalue weighted by molar-refractivity contribution is 0.130. The number of ether oxygens (including phenoxy) is 1. The molecular weight excluding hydrogens is 602 g/mol. The number of nitrogens with one attached hydrogen (secondary N) is 1. The lowest BCUT2D eigenvalue weighted by Crippen LogP contribution is -2.47. The minimum absolute atomic E-state index is 0.321. The number of fused-ring (bicyclic) bond motifs is 4. The molecule has 1 saturated heterocycles. The summed E-state index contributed by atoms with van der Waals surface area (Å²) >= 11 is 6.33. The fourth-order valence-electron chi connectivity index (χ4n) is 7.42. The Balaban J connectivity index is 0.899. The van der Waals surface area contributed by atoms with E-state index in [0.29, 0.717) is 11.1 Å². The number of halogens is 1. The molecule has 0 radical (unpaired) electrons. The van der Waals surface area contributed by atoms with Crippen molar-refractivity contribution < 1.29 is 4.74 Å². The van der Waals surface area contributed by atoms with Gasteiger partial charge in [0.1, 0.15) is 5.75 Å². The predicted octanol–water partition coefficient (Wildman–Crippen LogP) is 8.58. The fraction of sp³-hybridized carbons (Fsp3) is 0.375. The van der Waals surface area contributed by atoms with E-state index in [1.165, 1.54) is 28.9 Å². The SMILES string of the molecule is COc1ccc2nc3cc(Cl)ccc3c(NC(C)CCCN3CCN(CCCN4c5ccccc5CCc5ccccc54)CC3)c2c1. The molecule has 2 aliphatic heterocycles. The number of benzene rings is 4. The van der Waals surface area contributed by atoms with Crippen LogP contribution in [0.25, 0.3) is 21.8 Å². The van der Waals surface area contributed by atoms with Gasteiger partial charge in [0.05, 0.1) is 23.8 Å². The van der Waals surface area contributed by atoms with E-state index in [-0.39, 0.29) is 0 Å². The van der Waals surface area contributed by atoms with Gasteiger partial charge in [0.25, 0.3) is 0 Å². The van der Waals surface area contributed by atoms with Crippen LogP contribution in [0.3, 0.4) is 0 Å². The molecule has 7 heteroatoms. The zero-order chi connectivity index (χ0) is 32.2. The molecule has 1 unspecified atom stereocenters. The van der Waals surface area contributed by atoms with Crippen LogP contribution in [0.5, 0.6) is 5.75 Å². The molecule has 1 N–H and O–H groups in total. The first kappa shape index (κ1) is 31.7. The van der Waals surface area contributed by atoms with E-state index in [1.54, 1.807) is 7.11 Å². The van der Waals surface area contributed by atoms with Gasteiger partial charge in [-0.15, -0.1) is 0 Å². The van der Waals surface area contributed by atoms with Crippen LogP contribution in [0.15, 0.2) is 84.9 Å². The zero-order valence-electron chi connectivity index (χ0n) is 27.7. The molecule has 6 nitrogen and oxygen atoms in total. The van der Waals surface area contributed by atoms with Crippen molar-refractivity contribution in [1.29, 1.82) is 0 Å². The van der Waals surface area contributed by atoms with Crippen molar-refractivity contribution in [1.82, 2.24) is 14.8 Å². The first-order chi connectivity index (χ1) is 23.1. The van der Waals surface area contributed by atoms with Crippen molar-refractivity contribution in [2.24, 2.45) is 0 Å². The zero-order valence-corrected chi connectivity index (χ0v) is 28.5. The molecule has 0 amide bonds. The molecular formula is C40H46ClN5O. The van der Waals surface area contributed by atoms with Gasteiger partial charge in [-0.2, -0.15) is 0 Å². The summed E-state index contributed by atoms with van der Waals surface area (Å²) in [7, 11) is 1.71. The summed E-state index contributed by atoms with van der Waals surface area (Å²) in [5, 5.41) is 6.70. The molecule has 1 atom stereocenters. The number of aromatic nitrogens is 1. The van der Waals surface area contributed by atoms with Crippen molar-refractivity contribution in [3.8, 4) is 5.75 Å². The molecule has 5 aromatic rings. The highest BCUT2D eigenvalue weighted by molar-refractivity contribution is 6.31. The monoisotopic (exact) mass is 647 g/mol. The Hall–Kier alpha value is -3.84. The minimum atomic E-state index is 0.321. The third-order valence-electron chi connectivity index (χ3n) is 9.99. The Kier molecular flexibility index (Phi) is 9.80. The van der Waals surface area contributed by atoms with E-state index in [0.717, 1.165) is 105 Å². The van der Waals surface area contributed by atoms with E-state index >= 15 is 0 Å². The topological polar surface area (TPSA) is 43.9 Å². The number of anilines is 3. The first-order valence-electron chi connectivity index (χ1n) is 17.3. The molecule has 7 rings (SSSR count). The smallest absolute Gasteiger partial charge is 0.119 e. The molecule has 1 aromatic heterocycles. The summed E-state index contributed by atoms with van der Waals surface area (Å²) in [6.07, 6.45) is 5.66. The molecule has 4 aromatic carbocycles. The Labute approximate surface area is 284 Å².